The summed E-state index contributed by atoms with van der Waals surface area (Å²) in [5, 5.41) is 6.64. The molecule has 0 aromatic rings. The average Bonchev–Trinajstić information content (AvgIpc) is 2.90. The Balaban J connectivity index is 1.49. The van der Waals surface area contributed by atoms with Gasteiger partial charge in [-0.3, -0.25) is 14.9 Å². The number of rotatable bonds is 4. The normalized spacial score (nSPS) is 28.4. The summed E-state index contributed by atoms with van der Waals surface area (Å²) in [6.07, 6.45) is 6.21. The fourth-order valence-corrected chi connectivity index (χ4v) is 4.94. The zero-order valence-electron chi connectivity index (χ0n) is 14.3. The highest BCUT2D eigenvalue weighted by atomic mass is 32.2. The molecule has 2 amide bonds. The van der Waals surface area contributed by atoms with Crippen molar-refractivity contribution in [1.82, 2.24) is 15.5 Å². The van der Waals surface area contributed by atoms with Crippen LogP contribution in [0.2, 0.25) is 0 Å². The van der Waals surface area contributed by atoms with Crippen molar-refractivity contribution in [2.24, 2.45) is 5.92 Å². The van der Waals surface area contributed by atoms with Crippen LogP contribution in [0.3, 0.4) is 0 Å². The zero-order valence-corrected chi connectivity index (χ0v) is 15.1. The molecule has 0 aromatic carbocycles. The Morgan fingerprint density at radius 2 is 2.04 bits per heavy atom. The minimum Gasteiger partial charge on any atom is -0.352 e. The fourth-order valence-electron chi connectivity index (χ4n) is 3.52. The molecule has 2 aliphatic heterocycles. The molecule has 2 heterocycles. The lowest BCUT2D eigenvalue weighted by Gasteiger charge is -2.41. The number of carbonyl (C=O) groups is 2. The van der Waals surface area contributed by atoms with Crippen molar-refractivity contribution in [3.63, 3.8) is 0 Å². The number of likely N-dealkylation sites (tertiary alicyclic amines) is 1. The molecule has 130 valence electrons. The highest BCUT2D eigenvalue weighted by molar-refractivity contribution is 8.01. The highest BCUT2D eigenvalue weighted by Crippen LogP contribution is 2.40. The first kappa shape index (κ1) is 17.1. The predicted molar refractivity (Wildman–Crippen MR) is 93.2 cm³/mol. The Bertz CT molecular complexity index is 459. The average molecular weight is 340 g/mol. The lowest BCUT2D eigenvalue weighted by atomic mass is 9.84. The first-order valence-electron chi connectivity index (χ1n) is 9.04. The summed E-state index contributed by atoms with van der Waals surface area (Å²) in [5.74, 6) is 1.61. The van der Waals surface area contributed by atoms with Gasteiger partial charge in [-0.1, -0.05) is 13.3 Å². The Kier molecular flexibility index (Phi) is 5.21. The largest absolute Gasteiger partial charge is 0.352 e. The summed E-state index contributed by atoms with van der Waals surface area (Å²) in [5.41, 5.74) is 0. The smallest absolute Gasteiger partial charge is 0.238 e. The van der Waals surface area contributed by atoms with Crippen LogP contribution in [0.25, 0.3) is 0 Å². The van der Waals surface area contributed by atoms with E-state index < -0.39 is 0 Å². The molecule has 2 unspecified atom stereocenters. The van der Waals surface area contributed by atoms with Gasteiger partial charge in [0.1, 0.15) is 0 Å². The molecule has 3 aliphatic rings. The van der Waals surface area contributed by atoms with Crippen molar-refractivity contribution in [2.45, 2.75) is 69.3 Å². The van der Waals surface area contributed by atoms with E-state index in [-0.39, 0.29) is 22.9 Å². The molecule has 0 radical (unpaired) electrons. The van der Waals surface area contributed by atoms with Gasteiger partial charge in [0.2, 0.25) is 11.8 Å². The van der Waals surface area contributed by atoms with Gasteiger partial charge in [-0.05, 0) is 39.0 Å². The quantitative estimate of drug-likeness (QED) is 0.819. The number of nitrogens with zero attached hydrogens (tertiary/aromatic N) is 1. The molecule has 6 heteroatoms. The maximum Gasteiger partial charge on any atom is 0.238 e. The second kappa shape index (κ2) is 7.01. The highest BCUT2D eigenvalue weighted by Gasteiger charge is 2.45. The van der Waals surface area contributed by atoms with Crippen LogP contribution in [0, 0.1) is 5.92 Å². The van der Waals surface area contributed by atoms with Gasteiger partial charge in [-0.25, -0.2) is 0 Å². The van der Waals surface area contributed by atoms with Crippen LogP contribution in [0.5, 0.6) is 0 Å². The van der Waals surface area contributed by atoms with E-state index in [1.54, 1.807) is 0 Å². The number of nitrogens with one attached hydrogen (secondary N) is 2. The van der Waals surface area contributed by atoms with Gasteiger partial charge >= 0.3 is 0 Å². The van der Waals surface area contributed by atoms with Gasteiger partial charge in [0.05, 0.1) is 10.9 Å². The first-order chi connectivity index (χ1) is 11.0. The van der Waals surface area contributed by atoms with Crippen LogP contribution in [-0.4, -0.2) is 52.5 Å². The van der Waals surface area contributed by atoms with Gasteiger partial charge in [0, 0.05) is 30.8 Å². The Morgan fingerprint density at radius 1 is 1.35 bits per heavy atom. The van der Waals surface area contributed by atoms with E-state index >= 15 is 0 Å². The predicted octanol–water partition coefficient (Wildman–Crippen LogP) is 1.72. The van der Waals surface area contributed by atoms with Crippen LogP contribution in [0.1, 0.15) is 52.4 Å². The molecular weight excluding hydrogens is 310 g/mol. The molecule has 5 nitrogen and oxygen atoms in total. The molecule has 1 saturated carbocycles. The van der Waals surface area contributed by atoms with E-state index in [1.165, 1.54) is 6.42 Å². The number of hydrogen-bond donors (Lipinski definition) is 2. The molecule has 1 aliphatic carbocycles. The van der Waals surface area contributed by atoms with Gasteiger partial charge in [0.25, 0.3) is 0 Å². The SMILES string of the molecule is CCC(C)NC(=O)C1CSC2(CCN(C(=O)C3CCC3)CC2)N1. The van der Waals surface area contributed by atoms with E-state index in [4.69, 9.17) is 0 Å². The third-order valence-corrected chi connectivity index (χ3v) is 7.20. The fraction of sp³-hybridized carbons (Fsp3) is 0.882. The molecule has 23 heavy (non-hydrogen) atoms. The maximum absolute atomic E-state index is 12.3. The van der Waals surface area contributed by atoms with Gasteiger partial charge in [-0.15, -0.1) is 11.8 Å². The first-order valence-corrected chi connectivity index (χ1v) is 10.0. The van der Waals surface area contributed by atoms with Crippen LogP contribution in [0.15, 0.2) is 0 Å². The zero-order chi connectivity index (χ0) is 16.4. The number of carbonyl (C=O) groups excluding carboxylic acids is 2. The van der Waals surface area contributed by atoms with E-state index in [0.29, 0.717) is 11.8 Å². The van der Waals surface area contributed by atoms with E-state index in [1.807, 2.05) is 23.6 Å². The molecule has 3 fully saturated rings. The molecule has 0 bridgehead atoms. The summed E-state index contributed by atoms with van der Waals surface area (Å²) < 4.78 is 0. The number of piperidine rings is 1. The molecule has 0 aromatic heterocycles. The Hall–Kier alpha value is -0.750. The van der Waals surface area contributed by atoms with Crippen molar-refractivity contribution in [2.75, 3.05) is 18.8 Å². The van der Waals surface area contributed by atoms with Crippen molar-refractivity contribution in [3.8, 4) is 0 Å². The van der Waals surface area contributed by atoms with Crippen molar-refractivity contribution in [3.05, 3.63) is 0 Å². The molecule has 3 rings (SSSR count). The van der Waals surface area contributed by atoms with Gasteiger partial charge < -0.3 is 10.2 Å². The number of thioether (sulfide) groups is 1. The lowest BCUT2D eigenvalue weighted by Crippen LogP contribution is -2.55. The third-order valence-electron chi connectivity index (χ3n) is 5.62. The van der Waals surface area contributed by atoms with Crippen LogP contribution in [0.4, 0.5) is 0 Å². The molecular formula is C17H29N3O2S. The summed E-state index contributed by atoms with van der Waals surface area (Å²) in [7, 11) is 0. The Labute approximate surface area is 143 Å². The molecule has 2 N–H and O–H groups in total. The number of amides is 2. The summed E-state index contributed by atoms with van der Waals surface area (Å²) in [4.78, 5) is 26.7. The summed E-state index contributed by atoms with van der Waals surface area (Å²) in [6.45, 7) is 5.78. The summed E-state index contributed by atoms with van der Waals surface area (Å²) >= 11 is 1.87. The van der Waals surface area contributed by atoms with Crippen molar-refractivity contribution >= 4 is 23.6 Å². The van der Waals surface area contributed by atoms with Gasteiger partial charge in [0.15, 0.2) is 0 Å². The van der Waals surface area contributed by atoms with E-state index in [0.717, 1.165) is 50.9 Å². The third kappa shape index (κ3) is 3.68. The van der Waals surface area contributed by atoms with Crippen LogP contribution < -0.4 is 10.6 Å². The van der Waals surface area contributed by atoms with Gasteiger partial charge in [-0.2, -0.15) is 0 Å². The topological polar surface area (TPSA) is 61.4 Å². The lowest BCUT2D eigenvalue weighted by molar-refractivity contribution is -0.139. The van der Waals surface area contributed by atoms with Crippen molar-refractivity contribution < 1.29 is 9.59 Å². The van der Waals surface area contributed by atoms with E-state index in [9.17, 15) is 9.59 Å². The van der Waals surface area contributed by atoms with Crippen molar-refractivity contribution in [1.29, 1.82) is 0 Å². The minimum absolute atomic E-state index is 0.00610. The monoisotopic (exact) mass is 339 g/mol. The molecule has 1 spiro atoms. The standard InChI is InChI=1S/C17H29N3O2S/c1-3-12(2)18-15(21)14-11-23-17(19-14)7-9-20(10-8-17)16(22)13-5-4-6-13/h12-14,19H,3-11H2,1-2H3,(H,18,21). The Morgan fingerprint density at radius 3 is 2.61 bits per heavy atom. The second-order valence-electron chi connectivity index (χ2n) is 7.27. The second-order valence-corrected chi connectivity index (χ2v) is 8.68. The minimum atomic E-state index is -0.0946. The molecule has 2 saturated heterocycles. The van der Waals surface area contributed by atoms with Crippen LogP contribution in [-0.2, 0) is 9.59 Å². The number of hydrogen-bond acceptors (Lipinski definition) is 4. The maximum atomic E-state index is 12.3. The van der Waals surface area contributed by atoms with E-state index in [2.05, 4.69) is 17.6 Å². The molecule has 2 atom stereocenters. The van der Waals surface area contributed by atoms with Crippen LogP contribution >= 0.6 is 11.8 Å². The summed E-state index contributed by atoms with van der Waals surface area (Å²) in [6, 6.07) is 0.135.